The number of sulfonamides is 1. The summed E-state index contributed by atoms with van der Waals surface area (Å²) in [7, 11) is -3.56. The van der Waals surface area contributed by atoms with Gasteiger partial charge in [-0.25, -0.2) is 13.1 Å². The Hall–Kier alpha value is -2.18. The molecule has 0 spiro atoms. The standard InChI is InChI=1S/C22H28N2O3S/c1-15-5-8-21(18(4)13-15)28(26,27)23-20-9-11-24(12-10-20)22(25)19-7-6-16(2)17(3)14-19/h5-8,13-14,20,23H,9-12H2,1-4H3. The van der Waals surface area contributed by atoms with Crippen LogP contribution in [0.2, 0.25) is 0 Å². The van der Waals surface area contributed by atoms with E-state index in [0.29, 0.717) is 36.4 Å². The van der Waals surface area contributed by atoms with E-state index in [0.717, 1.165) is 22.3 Å². The molecule has 1 amide bonds. The molecule has 3 rings (SSSR count). The lowest BCUT2D eigenvalue weighted by atomic mass is 10.0. The number of amides is 1. The molecule has 6 heteroatoms. The van der Waals surface area contributed by atoms with Gasteiger partial charge >= 0.3 is 0 Å². The third-order valence-corrected chi connectivity index (χ3v) is 7.16. The Morgan fingerprint density at radius 3 is 2.21 bits per heavy atom. The normalized spacial score (nSPS) is 15.6. The van der Waals surface area contributed by atoms with Gasteiger partial charge in [0.25, 0.3) is 5.91 Å². The molecular formula is C22H28N2O3S. The van der Waals surface area contributed by atoms with Gasteiger partial charge in [0.15, 0.2) is 0 Å². The van der Waals surface area contributed by atoms with Gasteiger partial charge in [0.05, 0.1) is 4.90 Å². The lowest BCUT2D eigenvalue weighted by Gasteiger charge is -2.32. The van der Waals surface area contributed by atoms with Crippen molar-refractivity contribution < 1.29 is 13.2 Å². The smallest absolute Gasteiger partial charge is 0.253 e. The minimum atomic E-state index is -3.56. The minimum absolute atomic E-state index is 0.0128. The fourth-order valence-electron chi connectivity index (χ4n) is 3.64. The van der Waals surface area contributed by atoms with Gasteiger partial charge in [0.2, 0.25) is 10.0 Å². The van der Waals surface area contributed by atoms with E-state index in [2.05, 4.69) is 4.72 Å². The first-order chi connectivity index (χ1) is 13.2. The zero-order valence-electron chi connectivity index (χ0n) is 17.0. The van der Waals surface area contributed by atoms with Crippen LogP contribution in [0.1, 0.15) is 45.5 Å². The topological polar surface area (TPSA) is 66.5 Å². The molecule has 1 N–H and O–H groups in total. The number of likely N-dealkylation sites (tertiary alicyclic amines) is 1. The number of nitrogens with zero attached hydrogens (tertiary/aromatic N) is 1. The Morgan fingerprint density at radius 1 is 0.929 bits per heavy atom. The van der Waals surface area contributed by atoms with Crippen LogP contribution >= 0.6 is 0 Å². The summed E-state index contributed by atoms with van der Waals surface area (Å²) in [5.41, 5.74) is 4.74. The summed E-state index contributed by atoms with van der Waals surface area (Å²) in [6.07, 6.45) is 1.22. The van der Waals surface area contributed by atoms with Crippen LogP contribution in [0.25, 0.3) is 0 Å². The molecule has 1 saturated heterocycles. The first-order valence-corrected chi connectivity index (χ1v) is 11.1. The van der Waals surface area contributed by atoms with Crippen LogP contribution in [0.4, 0.5) is 0 Å². The molecule has 150 valence electrons. The summed E-state index contributed by atoms with van der Waals surface area (Å²) in [4.78, 5) is 14.9. The number of carbonyl (C=O) groups is 1. The lowest BCUT2D eigenvalue weighted by molar-refractivity contribution is 0.0711. The van der Waals surface area contributed by atoms with E-state index in [1.165, 1.54) is 0 Å². The van der Waals surface area contributed by atoms with Crippen molar-refractivity contribution in [3.05, 3.63) is 64.2 Å². The highest BCUT2D eigenvalue weighted by Gasteiger charge is 2.28. The Bertz CT molecular complexity index is 991. The van der Waals surface area contributed by atoms with Gasteiger partial charge in [0.1, 0.15) is 0 Å². The second-order valence-electron chi connectivity index (χ2n) is 7.76. The molecule has 0 bridgehead atoms. The van der Waals surface area contributed by atoms with E-state index in [1.54, 1.807) is 6.07 Å². The predicted molar refractivity (Wildman–Crippen MR) is 111 cm³/mol. The molecule has 2 aromatic carbocycles. The second-order valence-corrected chi connectivity index (χ2v) is 9.44. The number of piperidine rings is 1. The zero-order chi connectivity index (χ0) is 20.5. The molecule has 0 radical (unpaired) electrons. The van der Waals surface area contributed by atoms with Gasteiger partial charge in [-0.2, -0.15) is 0 Å². The number of hydrogen-bond donors (Lipinski definition) is 1. The van der Waals surface area contributed by atoms with Crippen molar-refractivity contribution in [2.75, 3.05) is 13.1 Å². The van der Waals surface area contributed by atoms with E-state index in [-0.39, 0.29) is 11.9 Å². The van der Waals surface area contributed by atoms with E-state index < -0.39 is 10.0 Å². The number of aryl methyl sites for hydroxylation is 4. The Morgan fingerprint density at radius 2 is 1.61 bits per heavy atom. The summed E-state index contributed by atoms with van der Waals surface area (Å²) < 4.78 is 28.3. The Balaban J connectivity index is 1.63. The number of carbonyl (C=O) groups excluding carboxylic acids is 1. The van der Waals surface area contributed by atoms with Crippen molar-refractivity contribution >= 4 is 15.9 Å². The molecule has 1 aliphatic heterocycles. The average Bonchev–Trinajstić information content (AvgIpc) is 2.63. The first-order valence-electron chi connectivity index (χ1n) is 9.63. The molecule has 1 fully saturated rings. The van der Waals surface area contributed by atoms with Crippen molar-refractivity contribution in [3.63, 3.8) is 0 Å². The van der Waals surface area contributed by atoms with Crippen LogP contribution in [-0.2, 0) is 10.0 Å². The third-order valence-electron chi connectivity index (χ3n) is 5.48. The average molecular weight is 401 g/mol. The molecule has 0 saturated carbocycles. The monoisotopic (exact) mass is 400 g/mol. The van der Waals surface area contributed by atoms with Crippen LogP contribution in [0, 0.1) is 27.7 Å². The maximum Gasteiger partial charge on any atom is 0.253 e. The fourth-order valence-corrected chi connectivity index (χ4v) is 5.17. The molecule has 5 nitrogen and oxygen atoms in total. The Labute approximate surface area is 167 Å². The molecule has 0 atom stereocenters. The summed E-state index contributed by atoms with van der Waals surface area (Å²) in [5.74, 6) is 0.0128. The van der Waals surface area contributed by atoms with Crippen LogP contribution in [0.5, 0.6) is 0 Å². The fraction of sp³-hybridized carbons (Fsp3) is 0.409. The summed E-state index contributed by atoms with van der Waals surface area (Å²) in [6.45, 7) is 8.88. The van der Waals surface area contributed by atoms with Crippen molar-refractivity contribution in [1.29, 1.82) is 0 Å². The van der Waals surface area contributed by atoms with Crippen LogP contribution < -0.4 is 4.72 Å². The van der Waals surface area contributed by atoms with Crippen molar-refractivity contribution in [2.45, 2.75) is 51.5 Å². The number of rotatable bonds is 4. The molecule has 1 aliphatic rings. The van der Waals surface area contributed by atoms with Crippen molar-refractivity contribution in [2.24, 2.45) is 0 Å². The first kappa shape index (κ1) is 20.6. The van der Waals surface area contributed by atoms with Crippen molar-refractivity contribution in [3.8, 4) is 0 Å². The highest BCUT2D eigenvalue weighted by atomic mass is 32.2. The lowest BCUT2D eigenvalue weighted by Crippen LogP contribution is -2.46. The van der Waals surface area contributed by atoms with Crippen LogP contribution in [0.3, 0.4) is 0 Å². The predicted octanol–water partition coefficient (Wildman–Crippen LogP) is 3.50. The van der Waals surface area contributed by atoms with Crippen molar-refractivity contribution in [1.82, 2.24) is 9.62 Å². The highest BCUT2D eigenvalue weighted by Crippen LogP contribution is 2.20. The summed E-state index contributed by atoms with van der Waals surface area (Å²) in [5, 5.41) is 0. The summed E-state index contributed by atoms with van der Waals surface area (Å²) >= 11 is 0. The third kappa shape index (κ3) is 4.45. The molecule has 2 aromatic rings. The largest absolute Gasteiger partial charge is 0.339 e. The molecular weight excluding hydrogens is 372 g/mol. The molecule has 0 aromatic heterocycles. The van der Waals surface area contributed by atoms with E-state index in [1.807, 2.05) is 62.9 Å². The molecule has 0 aliphatic carbocycles. The van der Waals surface area contributed by atoms with E-state index >= 15 is 0 Å². The SMILES string of the molecule is Cc1ccc(S(=O)(=O)NC2CCN(C(=O)c3ccc(C)c(C)c3)CC2)c(C)c1. The van der Waals surface area contributed by atoms with E-state index in [9.17, 15) is 13.2 Å². The van der Waals surface area contributed by atoms with Gasteiger partial charge in [0, 0.05) is 24.7 Å². The van der Waals surface area contributed by atoms with Gasteiger partial charge in [-0.1, -0.05) is 23.8 Å². The van der Waals surface area contributed by atoms with Gasteiger partial charge < -0.3 is 4.90 Å². The number of nitrogens with one attached hydrogen (secondary N) is 1. The molecule has 28 heavy (non-hydrogen) atoms. The summed E-state index contributed by atoms with van der Waals surface area (Å²) in [6, 6.07) is 10.9. The Kier molecular flexibility index (Phi) is 5.91. The second kappa shape index (κ2) is 8.05. The van der Waals surface area contributed by atoms with Gasteiger partial charge in [-0.15, -0.1) is 0 Å². The van der Waals surface area contributed by atoms with Gasteiger partial charge in [-0.05, 0) is 75.4 Å². The van der Waals surface area contributed by atoms with Crippen LogP contribution in [-0.4, -0.2) is 38.4 Å². The number of hydrogen-bond acceptors (Lipinski definition) is 3. The number of benzene rings is 2. The highest BCUT2D eigenvalue weighted by molar-refractivity contribution is 7.89. The van der Waals surface area contributed by atoms with Crippen LogP contribution in [0.15, 0.2) is 41.3 Å². The maximum atomic E-state index is 12.7. The molecule has 1 heterocycles. The van der Waals surface area contributed by atoms with E-state index in [4.69, 9.17) is 0 Å². The minimum Gasteiger partial charge on any atom is -0.339 e. The maximum absolute atomic E-state index is 12.7. The zero-order valence-corrected chi connectivity index (χ0v) is 17.8. The molecule has 0 unspecified atom stereocenters. The van der Waals surface area contributed by atoms with Gasteiger partial charge in [-0.3, -0.25) is 4.79 Å². The quantitative estimate of drug-likeness (QED) is 0.854.